The van der Waals surface area contributed by atoms with Gasteiger partial charge >= 0.3 is 0 Å². The Hall–Kier alpha value is -6.64. The lowest BCUT2D eigenvalue weighted by Crippen LogP contribution is -2.27. The van der Waals surface area contributed by atoms with E-state index in [1.165, 1.54) is 89.8 Å². The highest BCUT2D eigenvalue weighted by molar-refractivity contribution is 5.89. The molecule has 0 aliphatic heterocycles. The number of aryl methyl sites for hydroxylation is 2. The maximum absolute atomic E-state index is 2.55. The van der Waals surface area contributed by atoms with Crippen LogP contribution in [0.4, 0.5) is 34.1 Å². The van der Waals surface area contributed by atoms with E-state index in [1.807, 2.05) is 0 Å². The zero-order chi connectivity index (χ0) is 38.8. The van der Waals surface area contributed by atoms with Gasteiger partial charge in [-0.25, -0.2) is 0 Å². The molecular weight excluding hydrogens is 701 g/mol. The first-order valence-corrected chi connectivity index (χ1v) is 20.9. The fourth-order valence-corrected chi connectivity index (χ4v) is 10.8. The summed E-state index contributed by atoms with van der Waals surface area (Å²) in [5.41, 5.74) is 20.9. The largest absolute Gasteiger partial charge is 0.310 e. The first-order valence-electron chi connectivity index (χ1n) is 20.9. The second-order valence-corrected chi connectivity index (χ2v) is 16.9. The average Bonchev–Trinajstić information content (AvgIpc) is 3.93. The molecule has 0 bridgehead atoms. The van der Waals surface area contributed by atoms with E-state index in [9.17, 15) is 0 Å². The Labute approximate surface area is 342 Å². The Bertz CT molecular complexity index is 2820. The summed E-state index contributed by atoms with van der Waals surface area (Å²) >= 11 is 0. The lowest BCUT2D eigenvalue weighted by atomic mass is 9.74. The molecule has 8 aromatic carbocycles. The Morgan fingerprint density at radius 3 is 1.48 bits per heavy atom. The van der Waals surface area contributed by atoms with Crippen LogP contribution in [0.25, 0.3) is 22.3 Å². The van der Waals surface area contributed by atoms with E-state index in [2.05, 4.69) is 218 Å². The van der Waals surface area contributed by atoms with E-state index in [-0.39, 0.29) is 10.8 Å². The topological polar surface area (TPSA) is 6.48 Å². The minimum absolute atomic E-state index is 0.0463. The van der Waals surface area contributed by atoms with E-state index >= 15 is 0 Å². The molecule has 0 fully saturated rings. The molecule has 0 saturated carbocycles. The van der Waals surface area contributed by atoms with Gasteiger partial charge in [-0.05, 0) is 142 Å². The summed E-state index contributed by atoms with van der Waals surface area (Å²) in [6.45, 7) is 4.73. The monoisotopic (exact) mass is 746 g/mol. The molecule has 0 amide bonds. The van der Waals surface area contributed by atoms with Crippen LogP contribution in [-0.2, 0) is 23.7 Å². The first kappa shape index (κ1) is 34.6. The molecule has 1 spiro atoms. The fraction of sp³-hybridized carbons (Fsp3) is 0.143. The molecule has 2 nitrogen and oxygen atoms in total. The molecule has 280 valence electrons. The van der Waals surface area contributed by atoms with Gasteiger partial charge in [0.2, 0.25) is 0 Å². The molecule has 3 aliphatic rings. The van der Waals surface area contributed by atoms with E-state index < -0.39 is 0 Å². The molecule has 3 aliphatic carbocycles. The predicted octanol–water partition coefficient (Wildman–Crippen LogP) is 14.8. The third kappa shape index (κ3) is 5.32. The highest BCUT2D eigenvalue weighted by Crippen LogP contribution is 2.60. The zero-order valence-electron chi connectivity index (χ0n) is 33.2. The van der Waals surface area contributed by atoms with Gasteiger partial charge < -0.3 is 9.80 Å². The smallest absolute Gasteiger partial charge is 0.0505 e. The first-order chi connectivity index (χ1) is 28.5. The second kappa shape index (κ2) is 13.5. The van der Waals surface area contributed by atoms with Gasteiger partial charge in [-0.15, -0.1) is 0 Å². The number of fused-ring (bicyclic) bond motifs is 7. The van der Waals surface area contributed by atoms with Crippen molar-refractivity contribution in [2.45, 2.75) is 50.4 Å². The Kier molecular flexibility index (Phi) is 8.05. The molecule has 58 heavy (non-hydrogen) atoms. The lowest BCUT2D eigenvalue weighted by Gasteiger charge is -2.37. The average molecular weight is 747 g/mol. The summed E-state index contributed by atoms with van der Waals surface area (Å²) in [6, 6.07) is 72.2. The Morgan fingerprint density at radius 1 is 0.379 bits per heavy atom. The van der Waals surface area contributed by atoms with Gasteiger partial charge in [0.05, 0.1) is 11.4 Å². The summed E-state index contributed by atoms with van der Waals surface area (Å²) < 4.78 is 0. The van der Waals surface area contributed by atoms with E-state index in [4.69, 9.17) is 0 Å². The number of hydrogen-bond donors (Lipinski definition) is 0. The van der Waals surface area contributed by atoms with Crippen LogP contribution >= 0.6 is 0 Å². The summed E-state index contributed by atoms with van der Waals surface area (Å²) in [4.78, 5) is 5.08. The molecule has 0 N–H and O–H groups in total. The van der Waals surface area contributed by atoms with Crippen molar-refractivity contribution in [2.75, 3.05) is 9.80 Å². The molecule has 0 radical (unpaired) electrons. The van der Waals surface area contributed by atoms with Crippen LogP contribution < -0.4 is 9.80 Å². The summed E-state index contributed by atoms with van der Waals surface area (Å²) in [5.74, 6) is 0. The van der Waals surface area contributed by atoms with Crippen LogP contribution in [0, 0.1) is 0 Å². The molecule has 0 aromatic heterocycles. The number of benzene rings is 8. The number of rotatable bonds is 7. The van der Waals surface area contributed by atoms with Crippen molar-refractivity contribution in [1.82, 2.24) is 0 Å². The fourth-order valence-electron chi connectivity index (χ4n) is 10.8. The highest BCUT2D eigenvalue weighted by Gasteiger charge is 2.49. The van der Waals surface area contributed by atoms with Crippen molar-refractivity contribution in [1.29, 1.82) is 0 Å². The van der Waals surface area contributed by atoms with Gasteiger partial charge in [-0.1, -0.05) is 147 Å². The number of anilines is 6. The van der Waals surface area contributed by atoms with Gasteiger partial charge in [0.25, 0.3) is 0 Å². The standard InChI is InChI=1S/C56H46N2/c1-55(2)49-28-13-12-27-47(49)48-38-46(31-32-50(48)55)58(44-24-10-5-11-25-44)52-30-16-20-41-34-36-56(54(41)52)35-33-40-19-15-29-51(53(40)56)57(43-22-8-4-9-23-43)45-26-14-21-42(37-45)39-17-6-3-7-18-39/h3-32,37-38H,33-36H2,1-2H3/t56-/m1/s1. The van der Waals surface area contributed by atoms with Crippen LogP contribution in [0.3, 0.4) is 0 Å². The van der Waals surface area contributed by atoms with Gasteiger partial charge in [0.15, 0.2) is 0 Å². The quantitative estimate of drug-likeness (QED) is 0.160. The van der Waals surface area contributed by atoms with Crippen LogP contribution in [0.15, 0.2) is 194 Å². The normalized spacial score (nSPS) is 16.7. The van der Waals surface area contributed by atoms with Crippen molar-refractivity contribution in [3.63, 3.8) is 0 Å². The zero-order valence-corrected chi connectivity index (χ0v) is 33.2. The number of para-hydroxylation sites is 2. The second-order valence-electron chi connectivity index (χ2n) is 16.9. The van der Waals surface area contributed by atoms with Crippen molar-refractivity contribution in [3.05, 3.63) is 228 Å². The van der Waals surface area contributed by atoms with E-state index in [0.29, 0.717) is 0 Å². The minimum Gasteiger partial charge on any atom is -0.310 e. The highest BCUT2D eigenvalue weighted by atomic mass is 15.2. The van der Waals surface area contributed by atoms with Gasteiger partial charge in [-0.3, -0.25) is 0 Å². The van der Waals surface area contributed by atoms with Crippen molar-refractivity contribution in [2.24, 2.45) is 0 Å². The molecule has 8 aromatic rings. The van der Waals surface area contributed by atoms with Crippen molar-refractivity contribution in [3.8, 4) is 22.3 Å². The number of nitrogens with zero attached hydrogens (tertiary/aromatic N) is 2. The van der Waals surface area contributed by atoms with Gasteiger partial charge in [0, 0.05) is 33.6 Å². The Morgan fingerprint density at radius 2 is 0.862 bits per heavy atom. The summed E-state index contributed by atoms with van der Waals surface area (Å²) in [6.07, 6.45) is 4.29. The SMILES string of the molecule is CC1(C)c2ccccc2-c2cc(N(c3ccccc3)c3cccc4c3[C@]3(CCc5cccc(N(c6ccccc6)c6cccc(-c7ccccc7)c6)c53)CC4)ccc21. The third-order valence-electron chi connectivity index (χ3n) is 13.4. The molecule has 11 rings (SSSR count). The van der Waals surface area contributed by atoms with Crippen LogP contribution in [0.1, 0.15) is 60.1 Å². The molecule has 1 atom stereocenters. The summed E-state index contributed by atoms with van der Waals surface area (Å²) in [5, 5.41) is 0. The predicted molar refractivity (Wildman–Crippen MR) is 243 cm³/mol. The number of hydrogen-bond acceptors (Lipinski definition) is 2. The maximum Gasteiger partial charge on any atom is 0.0505 e. The van der Waals surface area contributed by atoms with Gasteiger partial charge in [-0.2, -0.15) is 0 Å². The molecular formula is C56H46N2. The third-order valence-corrected chi connectivity index (χ3v) is 13.4. The molecule has 0 heterocycles. The van der Waals surface area contributed by atoms with E-state index in [0.717, 1.165) is 25.7 Å². The van der Waals surface area contributed by atoms with Crippen molar-refractivity contribution < 1.29 is 0 Å². The molecule has 0 unspecified atom stereocenters. The maximum atomic E-state index is 2.55. The van der Waals surface area contributed by atoms with E-state index in [1.54, 1.807) is 0 Å². The van der Waals surface area contributed by atoms with Gasteiger partial charge in [0.1, 0.15) is 0 Å². The molecule has 2 heteroatoms. The minimum atomic E-state index is -0.153. The summed E-state index contributed by atoms with van der Waals surface area (Å²) in [7, 11) is 0. The van der Waals surface area contributed by atoms with Crippen LogP contribution in [0.5, 0.6) is 0 Å². The van der Waals surface area contributed by atoms with Crippen molar-refractivity contribution >= 4 is 34.1 Å². The molecule has 0 saturated heterocycles. The van der Waals surface area contributed by atoms with Crippen LogP contribution in [0.2, 0.25) is 0 Å². The van der Waals surface area contributed by atoms with Crippen LogP contribution in [-0.4, -0.2) is 0 Å². The lowest BCUT2D eigenvalue weighted by molar-refractivity contribution is 0.508. The Balaban J connectivity index is 1.12.